The van der Waals surface area contributed by atoms with Crippen molar-refractivity contribution in [1.82, 2.24) is 0 Å². The molecule has 0 N–H and O–H groups in total. The number of hydrogen-bond acceptors (Lipinski definition) is 6. The Kier molecular flexibility index (Phi) is 6.65. The van der Waals surface area contributed by atoms with Gasteiger partial charge in [-0.15, -0.1) is 0 Å². The zero-order valence-electron chi connectivity index (χ0n) is 18.2. The van der Waals surface area contributed by atoms with Crippen LogP contribution in [-0.2, 0) is 14.3 Å². The molecular formula is C24H25NO6. The van der Waals surface area contributed by atoms with Crippen molar-refractivity contribution in [2.24, 2.45) is 0 Å². The SMILES string of the molecule is CCOC(=O)C1=C(C)N(c2ccc(OC)cc2)C(=O)C1=Cc1ccc(OC)c(OC)c1. The number of nitrogens with zero attached hydrogens (tertiary/aromatic N) is 1. The standard InChI is InChI=1S/C24H25NO6/c1-6-31-24(27)22-15(2)25(17-8-10-18(28-3)11-9-17)23(26)19(22)13-16-7-12-20(29-4)21(14-16)30-5/h7-14H,6H2,1-5H3. The first-order valence-corrected chi connectivity index (χ1v) is 9.75. The van der Waals surface area contributed by atoms with Gasteiger partial charge in [-0.05, 0) is 61.9 Å². The molecule has 0 aliphatic carbocycles. The van der Waals surface area contributed by atoms with Gasteiger partial charge in [-0.1, -0.05) is 6.07 Å². The van der Waals surface area contributed by atoms with Crippen LogP contribution >= 0.6 is 0 Å². The van der Waals surface area contributed by atoms with Gasteiger partial charge in [0.05, 0.1) is 39.1 Å². The van der Waals surface area contributed by atoms with E-state index in [9.17, 15) is 9.59 Å². The zero-order valence-corrected chi connectivity index (χ0v) is 18.2. The van der Waals surface area contributed by atoms with Gasteiger partial charge in [-0.3, -0.25) is 9.69 Å². The molecule has 7 nitrogen and oxygen atoms in total. The van der Waals surface area contributed by atoms with Gasteiger partial charge in [0.15, 0.2) is 11.5 Å². The summed E-state index contributed by atoms with van der Waals surface area (Å²) in [4.78, 5) is 27.6. The van der Waals surface area contributed by atoms with Crippen LogP contribution in [0.25, 0.3) is 6.08 Å². The van der Waals surface area contributed by atoms with E-state index < -0.39 is 5.97 Å². The van der Waals surface area contributed by atoms with E-state index in [4.69, 9.17) is 18.9 Å². The van der Waals surface area contributed by atoms with Crippen LogP contribution in [0.4, 0.5) is 5.69 Å². The van der Waals surface area contributed by atoms with Crippen molar-refractivity contribution in [3.05, 3.63) is 64.9 Å². The largest absolute Gasteiger partial charge is 0.497 e. The van der Waals surface area contributed by atoms with Crippen LogP contribution in [0.1, 0.15) is 19.4 Å². The molecule has 0 radical (unpaired) electrons. The van der Waals surface area contributed by atoms with Gasteiger partial charge in [0.25, 0.3) is 5.91 Å². The number of amides is 1. The minimum absolute atomic E-state index is 0.204. The molecule has 0 saturated heterocycles. The van der Waals surface area contributed by atoms with Crippen molar-refractivity contribution in [2.75, 3.05) is 32.8 Å². The third kappa shape index (κ3) is 4.26. The molecule has 2 aromatic rings. The van der Waals surface area contributed by atoms with Gasteiger partial charge >= 0.3 is 5.97 Å². The van der Waals surface area contributed by atoms with Crippen LogP contribution in [0.3, 0.4) is 0 Å². The molecule has 0 fully saturated rings. The summed E-state index contributed by atoms with van der Waals surface area (Å²) in [5, 5.41) is 0. The average Bonchev–Trinajstić information content (AvgIpc) is 3.03. The van der Waals surface area contributed by atoms with Crippen molar-refractivity contribution in [2.45, 2.75) is 13.8 Å². The van der Waals surface area contributed by atoms with Gasteiger partial charge in [0.2, 0.25) is 0 Å². The van der Waals surface area contributed by atoms with Gasteiger partial charge < -0.3 is 18.9 Å². The highest BCUT2D eigenvalue weighted by atomic mass is 16.5. The quantitative estimate of drug-likeness (QED) is 0.495. The number of allylic oxidation sites excluding steroid dienone is 1. The Morgan fingerprint density at radius 2 is 1.65 bits per heavy atom. The summed E-state index contributed by atoms with van der Waals surface area (Å²) in [6.07, 6.45) is 1.66. The fourth-order valence-electron chi connectivity index (χ4n) is 3.43. The lowest BCUT2D eigenvalue weighted by Crippen LogP contribution is -2.24. The van der Waals surface area contributed by atoms with Crippen LogP contribution in [0.2, 0.25) is 0 Å². The molecule has 0 bridgehead atoms. The third-order valence-corrected chi connectivity index (χ3v) is 4.93. The molecule has 1 heterocycles. The topological polar surface area (TPSA) is 74.3 Å². The number of ether oxygens (including phenoxy) is 4. The lowest BCUT2D eigenvalue weighted by molar-refractivity contribution is -0.138. The minimum Gasteiger partial charge on any atom is -0.497 e. The molecule has 31 heavy (non-hydrogen) atoms. The highest BCUT2D eigenvalue weighted by Crippen LogP contribution is 2.37. The lowest BCUT2D eigenvalue weighted by Gasteiger charge is -2.18. The Labute approximate surface area is 181 Å². The Morgan fingerprint density at radius 1 is 0.968 bits per heavy atom. The number of hydrogen-bond donors (Lipinski definition) is 0. The summed E-state index contributed by atoms with van der Waals surface area (Å²) in [6.45, 7) is 3.66. The van der Waals surface area contributed by atoms with Crippen LogP contribution in [0, 0.1) is 0 Å². The molecule has 0 atom stereocenters. The van der Waals surface area contributed by atoms with Crippen LogP contribution in [0.5, 0.6) is 17.2 Å². The second-order valence-electron chi connectivity index (χ2n) is 6.69. The van der Waals surface area contributed by atoms with E-state index in [0.717, 1.165) is 0 Å². The van der Waals surface area contributed by atoms with E-state index in [-0.39, 0.29) is 23.7 Å². The number of rotatable bonds is 7. The summed E-state index contributed by atoms with van der Waals surface area (Å²) in [5.41, 5.74) is 2.30. The summed E-state index contributed by atoms with van der Waals surface area (Å²) in [6, 6.07) is 12.3. The van der Waals surface area contributed by atoms with Crippen molar-refractivity contribution in [3.63, 3.8) is 0 Å². The Morgan fingerprint density at radius 3 is 2.23 bits per heavy atom. The second kappa shape index (κ2) is 9.38. The van der Waals surface area contributed by atoms with E-state index in [1.807, 2.05) is 0 Å². The molecule has 1 aliphatic rings. The first kappa shape index (κ1) is 22.0. The van der Waals surface area contributed by atoms with Crippen molar-refractivity contribution in [3.8, 4) is 17.2 Å². The number of anilines is 1. The van der Waals surface area contributed by atoms with Gasteiger partial charge in [0, 0.05) is 11.4 Å². The lowest BCUT2D eigenvalue weighted by atomic mass is 10.0. The maximum Gasteiger partial charge on any atom is 0.340 e. The normalized spacial score (nSPS) is 14.8. The molecule has 0 spiro atoms. The first-order chi connectivity index (χ1) is 14.9. The fourth-order valence-corrected chi connectivity index (χ4v) is 3.43. The van der Waals surface area contributed by atoms with Crippen LogP contribution in [-0.4, -0.2) is 39.8 Å². The molecule has 162 valence electrons. The Hall–Kier alpha value is -3.74. The van der Waals surface area contributed by atoms with Crippen molar-refractivity contribution >= 4 is 23.6 Å². The van der Waals surface area contributed by atoms with Crippen LogP contribution in [0.15, 0.2) is 59.3 Å². The number of carbonyl (C=O) groups is 2. The third-order valence-electron chi connectivity index (χ3n) is 4.93. The number of esters is 1. The molecule has 0 aromatic heterocycles. The highest BCUT2D eigenvalue weighted by molar-refractivity contribution is 6.23. The summed E-state index contributed by atoms with van der Waals surface area (Å²) >= 11 is 0. The molecular weight excluding hydrogens is 398 g/mol. The summed E-state index contributed by atoms with van der Waals surface area (Å²) < 4.78 is 21.0. The zero-order chi connectivity index (χ0) is 22.5. The fraction of sp³-hybridized carbons (Fsp3) is 0.250. The maximum absolute atomic E-state index is 13.4. The molecule has 2 aromatic carbocycles. The van der Waals surface area contributed by atoms with Gasteiger partial charge in [-0.2, -0.15) is 0 Å². The molecule has 0 saturated carbocycles. The molecule has 1 aliphatic heterocycles. The van der Waals surface area contributed by atoms with E-state index >= 15 is 0 Å². The molecule has 1 amide bonds. The van der Waals surface area contributed by atoms with E-state index in [2.05, 4.69) is 0 Å². The highest BCUT2D eigenvalue weighted by Gasteiger charge is 2.38. The predicted octanol–water partition coefficient (Wildman–Crippen LogP) is 3.98. The monoisotopic (exact) mass is 423 g/mol. The molecule has 7 heteroatoms. The molecule has 0 unspecified atom stereocenters. The van der Waals surface area contributed by atoms with Gasteiger partial charge in [-0.25, -0.2) is 4.79 Å². The smallest absolute Gasteiger partial charge is 0.340 e. The summed E-state index contributed by atoms with van der Waals surface area (Å²) in [7, 11) is 4.66. The minimum atomic E-state index is -0.545. The first-order valence-electron chi connectivity index (χ1n) is 9.75. The number of methoxy groups -OCH3 is 3. The second-order valence-corrected chi connectivity index (χ2v) is 6.69. The predicted molar refractivity (Wildman–Crippen MR) is 117 cm³/mol. The molecule has 3 rings (SSSR count). The number of benzene rings is 2. The van der Waals surface area contributed by atoms with Crippen molar-refractivity contribution < 1.29 is 28.5 Å². The van der Waals surface area contributed by atoms with E-state index in [1.54, 1.807) is 76.6 Å². The Bertz CT molecular complexity index is 1050. The Balaban J connectivity index is 2.10. The van der Waals surface area contributed by atoms with E-state index in [0.29, 0.717) is 34.2 Å². The maximum atomic E-state index is 13.4. The van der Waals surface area contributed by atoms with Crippen LogP contribution < -0.4 is 19.1 Å². The van der Waals surface area contributed by atoms with E-state index in [1.165, 1.54) is 12.0 Å². The summed E-state index contributed by atoms with van der Waals surface area (Å²) in [5.74, 6) is 0.896. The van der Waals surface area contributed by atoms with Gasteiger partial charge in [0.1, 0.15) is 5.75 Å². The van der Waals surface area contributed by atoms with Crippen molar-refractivity contribution in [1.29, 1.82) is 0 Å². The number of carbonyl (C=O) groups excluding carboxylic acids is 2. The average molecular weight is 423 g/mol.